The van der Waals surface area contributed by atoms with Crippen molar-refractivity contribution >= 4 is 11.5 Å². The number of halogens is 3. The summed E-state index contributed by atoms with van der Waals surface area (Å²) in [5.41, 5.74) is 1.02. The topological polar surface area (TPSA) is 38.1 Å². The molecule has 0 saturated carbocycles. The monoisotopic (exact) mass is 380 g/mol. The van der Waals surface area contributed by atoms with E-state index in [1.165, 1.54) is 6.07 Å². The fourth-order valence-electron chi connectivity index (χ4n) is 2.94. The minimum Gasteiger partial charge on any atom is -0.354 e. The summed E-state index contributed by atoms with van der Waals surface area (Å²) in [6.45, 7) is 0. The van der Waals surface area contributed by atoms with Crippen molar-refractivity contribution in [2.45, 2.75) is 6.18 Å². The predicted octanol–water partition coefficient (Wildman–Crippen LogP) is 6.77. The maximum Gasteiger partial charge on any atom is 0.417 e. The van der Waals surface area contributed by atoms with Crippen molar-refractivity contribution in [2.75, 3.05) is 5.32 Å². The van der Waals surface area contributed by atoms with Gasteiger partial charge in [0.05, 0.1) is 5.56 Å². The molecule has 0 saturated heterocycles. The van der Waals surface area contributed by atoms with Gasteiger partial charge in [-0.05, 0) is 29.3 Å². The van der Waals surface area contributed by atoms with Crippen LogP contribution in [0.25, 0.3) is 22.5 Å². The minimum atomic E-state index is -4.49. The molecular weight excluding hydrogens is 365 g/mol. The van der Waals surface area contributed by atoms with Gasteiger partial charge in [-0.2, -0.15) is 13.2 Å². The molecule has 0 radical (unpaired) electrons. The summed E-state index contributed by atoms with van der Waals surface area (Å²) in [5, 5.41) is 6.94. The van der Waals surface area contributed by atoms with Crippen molar-refractivity contribution < 1.29 is 17.7 Å². The molecule has 0 spiro atoms. The van der Waals surface area contributed by atoms with E-state index in [9.17, 15) is 13.2 Å². The fourth-order valence-corrected chi connectivity index (χ4v) is 2.94. The summed E-state index contributed by atoms with van der Waals surface area (Å²) >= 11 is 0. The van der Waals surface area contributed by atoms with E-state index in [0.717, 1.165) is 11.8 Å². The lowest BCUT2D eigenvalue weighted by Crippen LogP contribution is -2.07. The van der Waals surface area contributed by atoms with E-state index in [1.807, 2.05) is 30.3 Å². The van der Waals surface area contributed by atoms with E-state index in [2.05, 4.69) is 10.5 Å². The second-order valence-corrected chi connectivity index (χ2v) is 6.19. The summed E-state index contributed by atoms with van der Waals surface area (Å²) in [7, 11) is 0. The molecule has 4 rings (SSSR count). The molecule has 1 N–H and O–H groups in total. The van der Waals surface area contributed by atoms with Crippen LogP contribution >= 0.6 is 0 Å². The quantitative estimate of drug-likeness (QED) is 0.424. The Balaban J connectivity index is 1.69. The Morgan fingerprint density at radius 2 is 1.43 bits per heavy atom. The molecule has 0 bridgehead atoms. The first kappa shape index (κ1) is 17.9. The van der Waals surface area contributed by atoms with Crippen LogP contribution in [0.4, 0.5) is 24.7 Å². The van der Waals surface area contributed by atoms with Crippen LogP contribution in [-0.2, 0) is 6.18 Å². The highest BCUT2D eigenvalue weighted by Gasteiger charge is 2.34. The van der Waals surface area contributed by atoms with Crippen LogP contribution in [-0.4, -0.2) is 5.16 Å². The number of rotatable bonds is 4. The number of aromatic nitrogens is 1. The lowest BCUT2D eigenvalue weighted by Gasteiger charge is -2.14. The number of benzene rings is 3. The molecule has 0 atom stereocenters. The van der Waals surface area contributed by atoms with E-state index < -0.39 is 11.7 Å². The summed E-state index contributed by atoms with van der Waals surface area (Å²) < 4.78 is 46.2. The van der Waals surface area contributed by atoms with Crippen LogP contribution in [0.15, 0.2) is 89.5 Å². The zero-order valence-electron chi connectivity index (χ0n) is 14.6. The standard InChI is InChI=1S/C22H15F3N2O/c23-22(24,25)19-13-16(11-12-18(19)15-7-3-1-4-8-15)20-14-21(27-28-20)26-17-9-5-2-6-10-17/h1-14H,(H,26,27). The molecule has 28 heavy (non-hydrogen) atoms. The lowest BCUT2D eigenvalue weighted by molar-refractivity contribution is -0.137. The molecule has 0 unspecified atom stereocenters. The molecule has 3 aromatic carbocycles. The maximum atomic E-state index is 13.7. The van der Waals surface area contributed by atoms with E-state index in [1.54, 1.807) is 42.5 Å². The number of alkyl halides is 3. The van der Waals surface area contributed by atoms with E-state index in [0.29, 0.717) is 16.9 Å². The van der Waals surface area contributed by atoms with E-state index in [-0.39, 0.29) is 11.3 Å². The number of hydrogen-bond acceptors (Lipinski definition) is 3. The molecule has 3 nitrogen and oxygen atoms in total. The van der Waals surface area contributed by atoms with Gasteiger partial charge in [0.15, 0.2) is 11.6 Å². The van der Waals surface area contributed by atoms with Gasteiger partial charge in [0, 0.05) is 17.3 Å². The predicted molar refractivity (Wildman–Crippen MR) is 102 cm³/mol. The van der Waals surface area contributed by atoms with Gasteiger partial charge in [0.2, 0.25) is 0 Å². The summed E-state index contributed by atoms with van der Waals surface area (Å²) in [4.78, 5) is 0. The Bertz CT molecular complexity index is 1070. The normalized spacial score (nSPS) is 11.4. The van der Waals surface area contributed by atoms with Crippen LogP contribution < -0.4 is 5.32 Å². The second-order valence-electron chi connectivity index (χ2n) is 6.19. The highest BCUT2D eigenvalue weighted by molar-refractivity contribution is 5.73. The lowest BCUT2D eigenvalue weighted by atomic mass is 9.96. The molecule has 0 aliphatic carbocycles. The third-order valence-electron chi connectivity index (χ3n) is 4.25. The molecule has 0 aliphatic heterocycles. The Kier molecular flexibility index (Phi) is 4.61. The summed E-state index contributed by atoms with van der Waals surface area (Å²) in [5.74, 6) is 0.672. The van der Waals surface area contributed by atoms with Crippen molar-refractivity contribution in [1.82, 2.24) is 5.16 Å². The highest BCUT2D eigenvalue weighted by atomic mass is 19.4. The number of nitrogens with zero attached hydrogens (tertiary/aromatic N) is 1. The number of hydrogen-bond donors (Lipinski definition) is 1. The number of nitrogens with one attached hydrogen (secondary N) is 1. The zero-order chi connectivity index (χ0) is 19.6. The second kappa shape index (κ2) is 7.23. The highest BCUT2D eigenvalue weighted by Crippen LogP contribution is 2.39. The molecule has 0 amide bonds. The van der Waals surface area contributed by atoms with Crippen LogP contribution in [0.1, 0.15) is 5.56 Å². The number of anilines is 2. The Labute approximate surface area is 159 Å². The first-order valence-electron chi connectivity index (χ1n) is 8.56. The molecule has 1 heterocycles. The minimum absolute atomic E-state index is 0.124. The maximum absolute atomic E-state index is 13.7. The zero-order valence-corrected chi connectivity index (χ0v) is 14.6. The third-order valence-corrected chi connectivity index (χ3v) is 4.25. The SMILES string of the molecule is FC(F)(F)c1cc(-c2cc(Nc3ccccc3)no2)ccc1-c1ccccc1. The molecule has 6 heteroatoms. The molecule has 1 aromatic heterocycles. The molecular formula is C22H15F3N2O. The van der Waals surface area contributed by atoms with Gasteiger partial charge in [-0.1, -0.05) is 65.8 Å². The fraction of sp³-hybridized carbons (Fsp3) is 0.0455. The molecule has 0 fully saturated rings. The van der Waals surface area contributed by atoms with Gasteiger partial charge < -0.3 is 9.84 Å². The molecule has 140 valence electrons. The number of para-hydroxylation sites is 1. The molecule has 4 aromatic rings. The van der Waals surface area contributed by atoms with Gasteiger partial charge in [-0.25, -0.2) is 0 Å². The van der Waals surface area contributed by atoms with E-state index in [4.69, 9.17) is 4.52 Å². The van der Waals surface area contributed by atoms with Gasteiger partial charge in [0.25, 0.3) is 0 Å². The van der Waals surface area contributed by atoms with Crippen molar-refractivity contribution in [3.05, 3.63) is 90.5 Å². The van der Waals surface area contributed by atoms with Crippen molar-refractivity contribution in [3.8, 4) is 22.5 Å². The van der Waals surface area contributed by atoms with Gasteiger partial charge in [0.1, 0.15) is 0 Å². The van der Waals surface area contributed by atoms with Crippen molar-refractivity contribution in [3.63, 3.8) is 0 Å². The molecule has 0 aliphatic rings. The largest absolute Gasteiger partial charge is 0.417 e. The van der Waals surface area contributed by atoms with Gasteiger partial charge in [-0.15, -0.1) is 0 Å². The average molecular weight is 380 g/mol. The van der Waals surface area contributed by atoms with Crippen LogP contribution in [0, 0.1) is 0 Å². The van der Waals surface area contributed by atoms with Crippen LogP contribution in [0.3, 0.4) is 0 Å². The van der Waals surface area contributed by atoms with Crippen LogP contribution in [0.5, 0.6) is 0 Å². The van der Waals surface area contributed by atoms with Gasteiger partial charge >= 0.3 is 6.18 Å². The Morgan fingerprint density at radius 3 is 2.11 bits per heavy atom. The Hall–Kier alpha value is -3.54. The van der Waals surface area contributed by atoms with Gasteiger partial charge in [-0.3, -0.25) is 0 Å². The smallest absolute Gasteiger partial charge is 0.354 e. The van der Waals surface area contributed by atoms with Crippen molar-refractivity contribution in [2.24, 2.45) is 0 Å². The van der Waals surface area contributed by atoms with Crippen molar-refractivity contribution in [1.29, 1.82) is 0 Å². The Morgan fingerprint density at radius 1 is 0.750 bits per heavy atom. The first-order chi connectivity index (χ1) is 13.5. The van der Waals surface area contributed by atoms with Crippen LogP contribution in [0.2, 0.25) is 0 Å². The average Bonchev–Trinajstić information content (AvgIpc) is 3.17. The first-order valence-corrected chi connectivity index (χ1v) is 8.56. The third kappa shape index (κ3) is 3.76. The summed E-state index contributed by atoms with van der Waals surface area (Å²) in [6, 6.07) is 23.5. The van der Waals surface area contributed by atoms with E-state index >= 15 is 0 Å². The summed E-state index contributed by atoms with van der Waals surface area (Å²) in [6.07, 6.45) is -4.49.